The van der Waals surface area contributed by atoms with Gasteiger partial charge in [-0.25, -0.2) is 0 Å². The lowest BCUT2D eigenvalue weighted by Crippen LogP contribution is -2.46. The van der Waals surface area contributed by atoms with E-state index in [1.54, 1.807) is 13.0 Å². The van der Waals surface area contributed by atoms with E-state index in [1.165, 1.54) is 17.7 Å². The van der Waals surface area contributed by atoms with Gasteiger partial charge in [0.05, 0.1) is 11.5 Å². The van der Waals surface area contributed by atoms with Crippen molar-refractivity contribution in [2.24, 2.45) is 0 Å². The van der Waals surface area contributed by atoms with Crippen LogP contribution in [0.3, 0.4) is 0 Å². The van der Waals surface area contributed by atoms with Gasteiger partial charge in [-0.3, -0.25) is 19.8 Å². The van der Waals surface area contributed by atoms with Crippen LogP contribution in [0.1, 0.15) is 23.4 Å². The molecule has 1 amide bonds. The summed E-state index contributed by atoms with van der Waals surface area (Å²) in [7, 11) is 0. The number of aryl methyl sites for hydroxylation is 2. The molecular formula is C24H28N6O4. The monoisotopic (exact) mass is 464 g/mol. The van der Waals surface area contributed by atoms with Gasteiger partial charge in [0.1, 0.15) is 0 Å². The number of nitro benzene ring substituents is 1. The maximum atomic E-state index is 12.4. The highest BCUT2D eigenvalue weighted by Gasteiger charge is 2.20. The molecule has 2 aromatic carbocycles. The van der Waals surface area contributed by atoms with Crippen molar-refractivity contribution in [1.29, 1.82) is 0 Å². The van der Waals surface area contributed by atoms with E-state index in [0.717, 1.165) is 31.7 Å². The van der Waals surface area contributed by atoms with E-state index >= 15 is 0 Å². The second-order valence-electron chi connectivity index (χ2n) is 8.55. The van der Waals surface area contributed by atoms with Crippen molar-refractivity contribution in [2.45, 2.75) is 26.8 Å². The van der Waals surface area contributed by atoms with Crippen LogP contribution < -0.4 is 5.32 Å². The van der Waals surface area contributed by atoms with Gasteiger partial charge in [-0.15, -0.1) is 0 Å². The van der Waals surface area contributed by atoms with Crippen LogP contribution in [0.5, 0.6) is 0 Å². The van der Waals surface area contributed by atoms with Gasteiger partial charge in [-0.2, -0.15) is 4.98 Å². The van der Waals surface area contributed by atoms with Gasteiger partial charge in [-0.05, 0) is 25.5 Å². The van der Waals surface area contributed by atoms with E-state index in [-0.39, 0.29) is 11.6 Å². The van der Waals surface area contributed by atoms with Gasteiger partial charge in [0.15, 0.2) is 0 Å². The topological polar surface area (TPSA) is 118 Å². The first kappa shape index (κ1) is 23.5. The second kappa shape index (κ2) is 10.5. The number of hydrogen-bond donors (Lipinski definition) is 1. The number of aromatic nitrogens is 2. The minimum Gasteiger partial charge on any atom is -0.338 e. The smallest absolute Gasteiger partial charge is 0.269 e. The Morgan fingerprint density at radius 1 is 1.09 bits per heavy atom. The summed E-state index contributed by atoms with van der Waals surface area (Å²) in [5, 5.41) is 17.8. The van der Waals surface area contributed by atoms with Crippen LogP contribution in [-0.4, -0.2) is 63.5 Å². The second-order valence-corrected chi connectivity index (χ2v) is 8.55. The highest BCUT2D eigenvalue weighted by Crippen LogP contribution is 2.21. The zero-order valence-corrected chi connectivity index (χ0v) is 19.4. The Balaban J connectivity index is 1.20. The molecule has 10 heteroatoms. The van der Waals surface area contributed by atoms with Crippen molar-refractivity contribution in [1.82, 2.24) is 19.9 Å². The van der Waals surface area contributed by atoms with E-state index in [9.17, 15) is 14.9 Å². The molecule has 2 heterocycles. The Bertz CT molecular complexity index is 1150. The summed E-state index contributed by atoms with van der Waals surface area (Å²) in [5.41, 5.74) is 3.41. The molecule has 0 aliphatic carbocycles. The summed E-state index contributed by atoms with van der Waals surface area (Å²) in [5.74, 6) is 1.10. The molecule has 178 valence electrons. The summed E-state index contributed by atoms with van der Waals surface area (Å²) in [6.07, 6.45) is 0.361. The first-order valence-electron chi connectivity index (χ1n) is 11.3. The van der Waals surface area contributed by atoms with Gasteiger partial charge in [0, 0.05) is 62.5 Å². The lowest BCUT2D eigenvalue weighted by atomic mass is 10.1. The molecule has 0 radical (unpaired) electrons. The number of anilines is 1. The average molecular weight is 465 g/mol. The number of hydrogen-bond acceptors (Lipinski definition) is 8. The summed E-state index contributed by atoms with van der Waals surface area (Å²) in [6, 6.07) is 12.5. The van der Waals surface area contributed by atoms with Crippen molar-refractivity contribution in [3.05, 3.63) is 69.6 Å². The SMILES string of the molecule is Cc1ccc(-c2noc(CN3CCN(CCC(=O)Nc4ccc([N+](=O)[O-])cc4C)CC3)n2)cc1. The Labute approximate surface area is 197 Å². The predicted molar refractivity (Wildman–Crippen MR) is 127 cm³/mol. The van der Waals surface area contributed by atoms with Crippen LogP contribution in [0.2, 0.25) is 0 Å². The molecule has 4 rings (SSSR count). The highest BCUT2D eigenvalue weighted by molar-refractivity contribution is 5.91. The fraction of sp³-hybridized carbons (Fsp3) is 0.375. The number of rotatable bonds is 8. The fourth-order valence-corrected chi connectivity index (χ4v) is 3.88. The van der Waals surface area contributed by atoms with Crippen molar-refractivity contribution < 1.29 is 14.2 Å². The molecule has 0 bridgehead atoms. The third-order valence-electron chi connectivity index (χ3n) is 5.95. The molecular weight excluding hydrogens is 436 g/mol. The first-order chi connectivity index (χ1) is 16.4. The molecule has 3 aromatic rings. The molecule has 10 nitrogen and oxygen atoms in total. The Morgan fingerprint density at radius 2 is 1.79 bits per heavy atom. The number of amides is 1. The number of non-ortho nitro benzene ring substituents is 1. The number of nitrogens with one attached hydrogen (secondary N) is 1. The van der Waals surface area contributed by atoms with Crippen molar-refractivity contribution in [2.75, 3.05) is 38.0 Å². The molecule has 1 saturated heterocycles. The standard InChI is InChI=1S/C24H28N6O4/c1-17-3-5-19(6-4-17)24-26-23(34-27-24)16-29-13-11-28(12-14-29)10-9-22(31)25-21-8-7-20(30(32)33)15-18(21)2/h3-8,15H,9-14,16H2,1-2H3,(H,25,31). The molecule has 0 spiro atoms. The largest absolute Gasteiger partial charge is 0.338 e. The molecule has 1 aliphatic heterocycles. The maximum Gasteiger partial charge on any atom is 0.269 e. The van der Waals surface area contributed by atoms with Gasteiger partial charge < -0.3 is 14.7 Å². The van der Waals surface area contributed by atoms with Crippen LogP contribution in [0.15, 0.2) is 47.0 Å². The van der Waals surface area contributed by atoms with Gasteiger partial charge in [-0.1, -0.05) is 35.0 Å². The van der Waals surface area contributed by atoms with Gasteiger partial charge in [0.2, 0.25) is 17.6 Å². The van der Waals surface area contributed by atoms with Crippen LogP contribution >= 0.6 is 0 Å². The van der Waals surface area contributed by atoms with Crippen LogP contribution in [0.4, 0.5) is 11.4 Å². The highest BCUT2D eigenvalue weighted by atomic mass is 16.6. The zero-order chi connectivity index (χ0) is 24.1. The number of piperazine rings is 1. The molecule has 1 fully saturated rings. The molecule has 1 aliphatic rings. The number of benzene rings is 2. The van der Waals surface area contributed by atoms with Crippen LogP contribution in [0, 0.1) is 24.0 Å². The number of carbonyl (C=O) groups excluding carboxylic acids is 1. The van der Waals surface area contributed by atoms with E-state index in [0.29, 0.717) is 42.5 Å². The maximum absolute atomic E-state index is 12.4. The lowest BCUT2D eigenvalue weighted by Gasteiger charge is -2.33. The van der Waals surface area contributed by atoms with Crippen LogP contribution in [0.25, 0.3) is 11.4 Å². The zero-order valence-electron chi connectivity index (χ0n) is 19.4. The normalized spacial score (nSPS) is 14.8. The number of nitro groups is 1. The van der Waals surface area contributed by atoms with Gasteiger partial charge >= 0.3 is 0 Å². The van der Waals surface area contributed by atoms with E-state index in [4.69, 9.17) is 4.52 Å². The Kier molecular flexibility index (Phi) is 7.29. The van der Waals surface area contributed by atoms with Crippen molar-refractivity contribution in [3.63, 3.8) is 0 Å². The predicted octanol–water partition coefficient (Wildman–Crippen LogP) is 3.41. The van der Waals surface area contributed by atoms with E-state index in [2.05, 4.69) is 25.3 Å². The summed E-state index contributed by atoms with van der Waals surface area (Å²) < 4.78 is 5.44. The minimum atomic E-state index is -0.445. The molecule has 1 N–H and O–H groups in total. The van der Waals surface area contributed by atoms with Gasteiger partial charge in [0.25, 0.3) is 5.69 Å². The molecule has 0 unspecified atom stereocenters. The fourth-order valence-electron chi connectivity index (χ4n) is 3.88. The molecule has 1 aromatic heterocycles. The van der Waals surface area contributed by atoms with Crippen molar-refractivity contribution >= 4 is 17.3 Å². The van der Waals surface area contributed by atoms with Crippen molar-refractivity contribution in [3.8, 4) is 11.4 Å². The molecule has 0 saturated carbocycles. The average Bonchev–Trinajstić information content (AvgIpc) is 3.28. The number of nitrogens with zero attached hydrogens (tertiary/aromatic N) is 5. The number of carbonyl (C=O) groups is 1. The molecule has 0 atom stereocenters. The third kappa shape index (κ3) is 6.03. The minimum absolute atomic E-state index is 0.0141. The Morgan fingerprint density at radius 3 is 2.47 bits per heavy atom. The summed E-state index contributed by atoms with van der Waals surface area (Å²) in [6.45, 7) is 8.45. The lowest BCUT2D eigenvalue weighted by molar-refractivity contribution is -0.384. The third-order valence-corrected chi connectivity index (χ3v) is 5.95. The summed E-state index contributed by atoms with van der Waals surface area (Å²) in [4.78, 5) is 31.8. The quantitative estimate of drug-likeness (QED) is 0.398. The Hall–Kier alpha value is -3.63. The first-order valence-corrected chi connectivity index (χ1v) is 11.3. The summed E-state index contributed by atoms with van der Waals surface area (Å²) >= 11 is 0. The van der Waals surface area contributed by atoms with E-state index < -0.39 is 4.92 Å². The molecule has 34 heavy (non-hydrogen) atoms. The van der Waals surface area contributed by atoms with Crippen LogP contribution in [-0.2, 0) is 11.3 Å². The van der Waals surface area contributed by atoms with E-state index in [1.807, 2.05) is 31.2 Å².